The quantitative estimate of drug-likeness (QED) is 0.794. The van der Waals surface area contributed by atoms with Crippen LogP contribution in [-0.4, -0.2) is 5.11 Å². The second kappa shape index (κ2) is 4.81. The Morgan fingerprint density at radius 3 is 2.29 bits per heavy atom. The van der Waals surface area contributed by atoms with Crippen molar-refractivity contribution >= 4 is 17.4 Å². The smallest absolute Gasteiger partial charge is 0.134 e. The summed E-state index contributed by atoms with van der Waals surface area (Å²) in [6, 6.07) is 14.4. The van der Waals surface area contributed by atoms with Crippen LogP contribution in [0.15, 0.2) is 52.3 Å². The molecular formula is C13H10N2OS. The van der Waals surface area contributed by atoms with Crippen LogP contribution >= 0.6 is 11.8 Å². The second-order valence-corrected chi connectivity index (χ2v) is 4.61. The van der Waals surface area contributed by atoms with Crippen molar-refractivity contribution in [1.29, 1.82) is 5.26 Å². The number of phenols is 1. The summed E-state index contributed by atoms with van der Waals surface area (Å²) in [5.41, 5.74) is 6.60. The van der Waals surface area contributed by atoms with Gasteiger partial charge in [-0.3, -0.25) is 0 Å². The fourth-order valence-corrected chi connectivity index (χ4v) is 2.19. The molecule has 0 aliphatic carbocycles. The average Bonchev–Trinajstić information content (AvgIpc) is 2.32. The van der Waals surface area contributed by atoms with Crippen molar-refractivity contribution in [3.8, 4) is 11.8 Å². The Hall–Kier alpha value is -2.12. The maximum Gasteiger partial charge on any atom is 0.134 e. The van der Waals surface area contributed by atoms with Crippen molar-refractivity contribution in [2.75, 3.05) is 5.73 Å². The Kier molecular flexibility index (Phi) is 3.22. The Labute approximate surface area is 104 Å². The molecule has 0 bridgehead atoms. The van der Waals surface area contributed by atoms with Crippen molar-refractivity contribution < 1.29 is 5.11 Å². The molecule has 4 heteroatoms. The highest BCUT2D eigenvalue weighted by atomic mass is 32.2. The number of nitriles is 1. The van der Waals surface area contributed by atoms with Gasteiger partial charge in [-0.25, -0.2) is 0 Å². The minimum atomic E-state index is 0.00736. The van der Waals surface area contributed by atoms with Crippen molar-refractivity contribution in [2.45, 2.75) is 9.79 Å². The van der Waals surface area contributed by atoms with E-state index < -0.39 is 0 Å². The molecule has 0 amide bonds. The number of phenolic OH excluding ortho intramolecular Hbond substituents is 1. The van der Waals surface area contributed by atoms with Crippen molar-refractivity contribution in [2.24, 2.45) is 0 Å². The second-order valence-electron chi connectivity index (χ2n) is 3.46. The van der Waals surface area contributed by atoms with Gasteiger partial charge in [-0.05, 0) is 42.5 Å². The van der Waals surface area contributed by atoms with E-state index in [1.54, 1.807) is 18.2 Å². The largest absolute Gasteiger partial charge is 0.507 e. The molecule has 2 aromatic rings. The standard InChI is InChI=1S/C13H10N2OS/c14-8-9-1-4-12(7-13(9)16)17-11-5-2-10(15)3-6-11/h1-7,16H,15H2. The predicted octanol–water partition coefficient (Wildman–Crippen LogP) is 3.00. The van der Waals surface area contributed by atoms with Crippen LogP contribution in [-0.2, 0) is 0 Å². The predicted molar refractivity (Wildman–Crippen MR) is 67.8 cm³/mol. The first-order chi connectivity index (χ1) is 8.19. The maximum atomic E-state index is 9.56. The van der Waals surface area contributed by atoms with Gasteiger partial charge < -0.3 is 10.8 Å². The zero-order chi connectivity index (χ0) is 12.3. The summed E-state index contributed by atoms with van der Waals surface area (Å²) in [6.45, 7) is 0. The van der Waals surface area contributed by atoms with E-state index in [2.05, 4.69) is 0 Å². The fraction of sp³-hybridized carbons (Fsp3) is 0. The third-order valence-corrected chi connectivity index (χ3v) is 3.20. The van der Waals surface area contributed by atoms with Gasteiger partial charge in [0.15, 0.2) is 0 Å². The van der Waals surface area contributed by atoms with Crippen LogP contribution in [0.1, 0.15) is 5.56 Å². The van der Waals surface area contributed by atoms with Crippen LogP contribution in [0.2, 0.25) is 0 Å². The van der Waals surface area contributed by atoms with E-state index in [1.807, 2.05) is 30.3 Å². The number of aromatic hydroxyl groups is 1. The molecule has 3 nitrogen and oxygen atoms in total. The van der Waals surface area contributed by atoms with Crippen LogP contribution in [0.4, 0.5) is 5.69 Å². The molecule has 0 radical (unpaired) electrons. The highest BCUT2D eigenvalue weighted by molar-refractivity contribution is 7.99. The molecule has 2 rings (SSSR count). The molecule has 84 valence electrons. The van der Waals surface area contributed by atoms with Gasteiger partial charge in [-0.2, -0.15) is 5.26 Å². The molecule has 17 heavy (non-hydrogen) atoms. The lowest BCUT2D eigenvalue weighted by atomic mass is 10.2. The topological polar surface area (TPSA) is 70.0 Å². The van der Waals surface area contributed by atoms with Gasteiger partial charge in [0.2, 0.25) is 0 Å². The Morgan fingerprint density at radius 2 is 1.71 bits per heavy atom. The van der Waals surface area contributed by atoms with Gasteiger partial charge in [0, 0.05) is 15.5 Å². The number of nitrogen functional groups attached to an aromatic ring is 1. The van der Waals surface area contributed by atoms with E-state index in [9.17, 15) is 5.11 Å². The van der Waals surface area contributed by atoms with Crippen LogP contribution in [0, 0.1) is 11.3 Å². The normalized spacial score (nSPS) is 9.82. The van der Waals surface area contributed by atoms with Crippen molar-refractivity contribution in [3.05, 3.63) is 48.0 Å². The van der Waals surface area contributed by atoms with E-state index in [0.717, 1.165) is 15.5 Å². The Balaban J connectivity index is 2.22. The van der Waals surface area contributed by atoms with Crippen LogP contribution in [0.25, 0.3) is 0 Å². The summed E-state index contributed by atoms with van der Waals surface area (Å²) in [5, 5.41) is 18.3. The minimum Gasteiger partial charge on any atom is -0.507 e. The molecule has 0 saturated carbocycles. The van der Waals surface area contributed by atoms with Gasteiger partial charge >= 0.3 is 0 Å². The van der Waals surface area contributed by atoms with Gasteiger partial charge in [-0.15, -0.1) is 0 Å². The lowest BCUT2D eigenvalue weighted by Gasteiger charge is -2.03. The highest BCUT2D eigenvalue weighted by Crippen LogP contribution is 2.31. The van der Waals surface area contributed by atoms with Gasteiger partial charge in [-0.1, -0.05) is 11.8 Å². The monoisotopic (exact) mass is 242 g/mol. The van der Waals surface area contributed by atoms with E-state index in [4.69, 9.17) is 11.0 Å². The molecule has 0 unspecified atom stereocenters. The molecule has 0 aliphatic rings. The number of benzene rings is 2. The molecular weight excluding hydrogens is 232 g/mol. The minimum absolute atomic E-state index is 0.00736. The van der Waals surface area contributed by atoms with Crippen LogP contribution < -0.4 is 5.73 Å². The summed E-state index contributed by atoms with van der Waals surface area (Å²) >= 11 is 1.50. The summed E-state index contributed by atoms with van der Waals surface area (Å²) < 4.78 is 0. The van der Waals surface area contributed by atoms with E-state index in [1.165, 1.54) is 11.8 Å². The number of rotatable bonds is 2. The maximum absolute atomic E-state index is 9.56. The number of nitrogens with zero attached hydrogens (tertiary/aromatic N) is 1. The summed E-state index contributed by atoms with van der Waals surface area (Å²) in [7, 11) is 0. The summed E-state index contributed by atoms with van der Waals surface area (Å²) in [6.07, 6.45) is 0. The highest BCUT2D eigenvalue weighted by Gasteiger charge is 2.03. The fourth-order valence-electron chi connectivity index (χ4n) is 1.34. The first-order valence-corrected chi connectivity index (χ1v) is 5.77. The summed E-state index contributed by atoms with van der Waals surface area (Å²) in [5.74, 6) is 0.00736. The van der Waals surface area contributed by atoms with E-state index in [0.29, 0.717) is 0 Å². The molecule has 0 spiro atoms. The number of hydrogen-bond acceptors (Lipinski definition) is 4. The van der Waals surface area contributed by atoms with Crippen LogP contribution in [0.3, 0.4) is 0 Å². The third kappa shape index (κ3) is 2.71. The SMILES string of the molecule is N#Cc1ccc(Sc2ccc(N)cc2)cc1O. The van der Waals surface area contributed by atoms with Gasteiger partial charge in [0.05, 0.1) is 5.56 Å². The van der Waals surface area contributed by atoms with Gasteiger partial charge in [0.25, 0.3) is 0 Å². The summed E-state index contributed by atoms with van der Waals surface area (Å²) in [4.78, 5) is 1.91. The number of nitrogens with two attached hydrogens (primary N) is 1. The zero-order valence-corrected chi connectivity index (χ0v) is 9.74. The lowest BCUT2D eigenvalue weighted by molar-refractivity contribution is 0.472. The number of hydrogen-bond donors (Lipinski definition) is 2. The van der Waals surface area contributed by atoms with Crippen molar-refractivity contribution in [1.82, 2.24) is 0 Å². The molecule has 0 aromatic heterocycles. The molecule has 2 aromatic carbocycles. The Morgan fingerprint density at radius 1 is 1.06 bits per heavy atom. The first kappa shape index (κ1) is 11.4. The van der Waals surface area contributed by atoms with Gasteiger partial charge in [0.1, 0.15) is 11.8 Å². The number of anilines is 1. The molecule has 0 atom stereocenters. The lowest BCUT2D eigenvalue weighted by Crippen LogP contribution is -1.83. The van der Waals surface area contributed by atoms with E-state index in [-0.39, 0.29) is 11.3 Å². The van der Waals surface area contributed by atoms with Crippen molar-refractivity contribution in [3.63, 3.8) is 0 Å². The zero-order valence-electron chi connectivity index (χ0n) is 8.92. The molecule has 0 aliphatic heterocycles. The first-order valence-electron chi connectivity index (χ1n) is 4.95. The average molecular weight is 242 g/mol. The molecule has 3 N–H and O–H groups in total. The molecule has 0 heterocycles. The molecule has 0 saturated heterocycles. The Bertz CT molecular complexity index is 573. The third-order valence-electron chi connectivity index (χ3n) is 2.21. The van der Waals surface area contributed by atoms with E-state index >= 15 is 0 Å². The molecule has 0 fully saturated rings. The van der Waals surface area contributed by atoms with Crippen LogP contribution in [0.5, 0.6) is 5.75 Å².